The van der Waals surface area contributed by atoms with Crippen molar-refractivity contribution < 1.29 is 19.1 Å². The molecule has 7 nitrogen and oxygen atoms in total. The molecule has 0 heterocycles. The average Bonchev–Trinajstić information content (AvgIpc) is 2.46. The third kappa shape index (κ3) is 4.44. The lowest BCUT2D eigenvalue weighted by Gasteiger charge is -2.25. The second-order valence-corrected chi connectivity index (χ2v) is 4.65. The van der Waals surface area contributed by atoms with E-state index < -0.39 is 18.2 Å². The standard InChI is InChI=1S/C14H21N3O4/c1-17(2)11(9-5-7-10(20-3)8-6-9)13(18)16-12(15)14(19)21-4/h5-8,11-12H,15H2,1-4H3,(H,16,18)/t11-,12+/m0/s1. The maximum atomic E-state index is 12.3. The van der Waals surface area contributed by atoms with E-state index in [0.29, 0.717) is 5.75 Å². The Morgan fingerprint density at radius 2 is 1.76 bits per heavy atom. The van der Waals surface area contributed by atoms with E-state index >= 15 is 0 Å². The molecule has 3 N–H and O–H groups in total. The van der Waals surface area contributed by atoms with Crippen LogP contribution in [0.4, 0.5) is 0 Å². The number of benzene rings is 1. The van der Waals surface area contributed by atoms with E-state index in [2.05, 4.69) is 10.1 Å². The Labute approximate surface area is 124 Å². The van der Waals surface area contributed by atoms with Crippen LogP contribution in [0.1, 0.15) is 11.6 Å². The Bertz CT molecular complexity index is 487. The second-order valence-electron chi connectivity index (χ2n) is 4.65. The Balaban J connectivity index is 2.90. The minimum Gasteiger partial charge on any atom is -0.497 e. The van der Waals surface area contributed by atoms with Crippen molar-refractivity contribution in [3.05, 3.63) is 29.8 Å². The van der Waals surface area contributed by atoms with Gasteiger partial charge in [0.15, 0.2) is 6.17 Å². The Hall–Kier alpha value is -2.12. The molecule has 0 aromatic heterocycles. The van der Waals surface area contributed by atoms with Gasteiger partial charge in [-0.25, -0.2) is 4.79 Å². The van der Waals surface area contributed by atoms with Crippen molar-refractivity contribution in [1.29, 1.82) is 0 Å². The first-order valence-electron chi connectivity index (χ1n) is 6.35. The van der Waals surface area contributed by atoms with Gasteiger partial charge in [0.05, 0.1) is 14.2 Å². The van der Waals surface area contributed by atoms with Crippen LogP contribution in [0, 0.1) is 0 Å². The number of nitrogens with zero attached hydrogens (tertiary/aromatic N) is 1. The number of hydrogen-bond acceptors (Lipinski definition) is 6. The highest BCUT2D eigenvalue weighted by molar-refractivity contribution is 5.88. The van der Waals surface area contributed by atoms with Crippen molar-refractivity contribution in [2.45, 2.75) is 12.2 Å². The second kappa shape index (κ2) is 7.61. The normalized spacial score (nSPS) is 13.4. The molecule has 0 bridgehead atoms. The van der Waals surface area contributed by atoms with Crippen LogP contribution in [-0.4, -0.2) is 51.3 Å². The van der Waals surface area contributed by atoms with Crippen molar-refractivity contribution >= 4 is 11.9 Å². The van der Waals surface area contributed by atoms with Crippen molar-refractivity contribution in [3.8, 4) is 5.75 Å². The number of rotatable bonds is 6. The van der Waals surface area contributed by atoms with Crippen LogP contribution in [0.5, 0.6) is 5.75 Å². The summed E-state index contributed by atoms with van der Waals surface area (Å²) in [5.74, 6) is -0.387. The predicted octanol–water partition coefficient (Wildman–Crippen LogP) is -0.128. The fourth-order valence-corrected chi connectivity index (χ4v) is 1.89. The van der Waals surface area contributed by atoms with Gasteiger partial charge in [0.25, 0.3) is 0 Å². The molecule has 0 aliphatic heterocycles. The number of likely N-dealkylation sites (N-methyl/N-ethyl adjacent to an activating group) is 1. The van der Waals surface area contributed by atoms with Crippen LogP contribution < -0.4 is 15.8 Å². The Morgan fingerprint density at radius 3 is 2.19 bits per heavy atom. The quantitative estimate of drug-likeness (QED) is 0.561. The van der Waals surface area contributed by atoms with Gasteiger partial charge in [-0.1, -0.05) is 12.1 Å². The molecule has 21 heavy (non-hydrogen) atoms. The number of carbonyl (C=O) groups excluding carboxylic acids is 2. The summed E-state index contributed by atoms with van der Waals surface area (Å²) in [6, 6.07) is 6.52. The van der Waals surface area contributed by atoms with Crippen LogP contribution in [0.25, 0.3) is 0 Å². The SMILES string of the molecule is COC(=O)[C@H](N)NC(=O)[C@H](c1ccc(OC)cc1)N(C)C. The molecule has 116 valence electrons. The highest BCUT2D eigenvalue weighted by atomic mass is 16.5. The number of nitrogens with two attached hydrogens (primary N) is 1. The minimum atomic E-state index is -1.19. The lowest BCUT2D eigenvalue weighted by atomic mass is 10.0. The van der Waals surface area contributed by atoms with Gasteiger partial charge in [0, 0.05) is 0 Å². The third-order valence-electron chi connectivity index (χ3n) is 2.95. The predicted molar refractivity (Wildman–Crippen MR) is 77.6 cm³/mol. The van der Waals surface area contributed by atoms with E-state index in [0.717, 1.165) is 5.56 Å². The maximum absolute atomic E-state index is 12.3. The lowest BCUT2D eigenvalue weighted by Crippen LogP contribution is -2.51. The van der Waals surface area contributed by atoms with Crippen molar-refractivity contribution in [1.82, 2.24) is 10.2 Å². The highest BCUT2D eigenvalue weighted by Crippen LogP contribution is 2.21. The molecular weight excluding hydrogens is 274 g/mol. The Morgan fingerprint density at radius 1 is 1.19 bits per heavy atom. The fraction of sp³-hybridized carbons (Fsp3) is 0.429. The zero-order chi connectivity index (χ0) is 16.0. The van der Waals surface area contributed by atoms with Crippen molar-refractivity contribution in [2.75, 3.05) is 28.3 Å². The molecule has 1 amide bonds. The molecule has 1 aromatic rings. The summed E-state index contributed by atoms with van der Waals surface area (Å²) in [7, 11) is 6.30. The van der Waals surface area contributed by atoms with E-state index in [4.69, 9.17) is 10.5 Å². The summed E-state index contributed by atoms with van der Waals surface area (Å²) in [6.07, 6.45) is -1.19. The third-order valence-corrected chi connectivity index (χ3v) is 2.95. The van der Waals surface area contributed by atoms with Crippen molar-refractivity contribution in [2.24, 2.45) is 5.73 Å². The molecule has 0 unspecified atom stereocenters. The van der Waals surface area contributed by atoms with Gasteiger partial charge in [-0.3, -0.25) is 9.69 Å². The van der Waals surface area contributed by atoms with Crippen LogP contribution >= 0.6 is 0 Å². The van der Waals surface area contributed by atoms with Crippen LogP contribution in [0.2, 0.25) is 0 Å². The van der Waals surface area contributed by atoms with Crippen LogP contribution in [0.3, 0.4) is 0 Å². The number of hydrogen-bond donors (Lipinski definition) is 2. The largest absolute Gasteiger partial charge is 0.497 e. The molecule has 0 saturated heterocycles. The molecule has 0 radical (unpaired) electrons. The van der Waals surface area contributed by atoms with E-state index in [-0.39, 0.29) is 5.91 Å². The molecule has 0 aliphatic carbocycles. The zero-order valence-electron chi connectivity index (χ0n) is 12.6. The van der Waals surface area contributed by atoms with Gasteiger partial charge in [0.2, 0.25) is 5.91 Å². The molecule has 1 aromatic carbocycles. The number of carbonyl (C=O) groups is 2. The van der Waals surface area contributed by atoms with E-state index in [1.54, 1.807) is 50.4 Å². The van der Waals surface area contributed by atoms with Gasteiger partial charge < -0.3 is 20.5 Å². The molecular formula is C14H21N3O4. The lowest BCUT2D eigenvalue weighted by molar-refractivity contribution is -0.145. The summed E-state index contributed by atoms with van der Waals surface area (Å²) in [5, 5.41) is 2.43. The van der Waals surface area contributed by atoms with Gasteiger partial charge in [-0.2, -0.15) is 0 Å². The summed E-state index contributed by atoms with van der Waals surface area (Å²) in [6.45, 7) is 0. The van der Waals surface area contributed by atoms with Gasteiger partial charge >= 0.3 is 5.97 Å². The van der Waals surface area contributed by atoms with E-state index in [1.165, 1.54) is 7.11 Å². The average molecular weight is 295 g/mol. The van der Waals surface area contributed by atoms with Gasteiger partial charge in [0.1, 0.15) is 11.8 Å². The summed E-state index contributed by atoms with van der Waals surface area (Å²) >= 11 is 0. The molecule has 0 fully saturated rings. The minimum absolute atomic E-state index is 0.386. The molecule has 0 saturated carbocycles. The first kappa shape index (κ1) is 16.9. The summed E-state index contributed by atoms with van der Waals surface area (Å²) in [4.78, 5) is 25.3. The molecule has 0 spiro atoms. The molecule has 0 aliphatic rings. The topological polar surface area (TPSA) is 93.9 Å². The van der Waals surface area contributed by atoms with Crippen LogP contribution in [-0.2, 0) is 14.3 Å². The molecule has 1 rings (SSSR count). The molecule has 2 atom stereocenters. The monoisotopic (exact) mass is 295 g/mol. The number of ether oxygens (including phenoxy) is 2. The van der Waals surface area contributed by atoms with Crippen LogP contribution in [0.15, 0.2) is 24.3 Å². The maximum Gasteiger partial charge on any atom is 0.343 e. The first-order valence-corrected chi connectivity index (χ1v) is 6.35. The highest BCUT2D eigenvalue weighted by Gasteiger charge is 2.26. The Kier molecular flexibility index (Phi) is 6.13. The van der Waals surface area contributed by atoms with E-state index in [1.807, 2.05) is 0 Å². The van der Waals surface area contributed by atoms with Gasteiger partial charge in [-0.05, 0) is 31.8 Å². The number of nitrogens with one attached hydrogen (secondary N) is 1. The van der Waals surface area contributed by atoms with Crippen molar-refractivity contribution in [3.63, 3.8) is 0 Å². The fourth-order valence-electron chi connectivity index (χ4n) is 1.89. The first-order chi connectivity index (χ1) is 9.90. The summed E-state index contributed by atoms with van der Waals surface area (Å²) in [5.41, 5.74) is 6.30. The smallest absolute Gasteiger partial charge is 0.343 e. The summed E-state index contributed by atoms with van der Waals surface area (Å²) < 4.78 is 9.57. The van der Waals surface area contributed by atoms with E-state index in [9.17, 15) is 9.59 Å². The number of methoxy groups -OCH3 is 2. The zero-order valence-corrected chi connectivity index (χ0v) is 12.6. The molecule has 7 heteroatoms. The number of amides is 1. The number of esters is 1. The van der Waals surface area contributed by atoms with Gasteiger partial charge in [-0.15, -0.1) is 0 Å².